The summed E-state index contributed by atoms with van der Waals surface area (Å²) in [4.78, 5) is 30.2. The first-order chi connectivity index (χ1) is 4.04. The van der Waals surface area contributed by atoms with E-state index in [1.54, 1.807) is 0 Å². The first-order valence-electron chi connectivity index (χ1n) is 2.27. The van der Waals surface area contributed by atoms with Crippen LogP contribution in [0.3, 0.4) is 0 Å². The van der Waals surface area contributed by atoms with Crippen LogP contribution in [0.15, 0.2) is 0 Å². The summed E-state index contributed by atoms with van der Waals surface area (Å²) in [5.74, 6) is -2.65. The van der Waals surface area contributed by atoms with E-state index in [9.17, 15) is 14.4 Å². The molecule has 4 nitrogen and oxygen atoms in total. The summed E-state index contributed by atoms with van der Waals surface area (Å²) in [5, 5.41) is 0. The third kappa shape index (κ3) is 5.45. The van der Waals surface area contributed by atoms with Crippen molar-refractivity contribution in [2.75, 3.05) is 0 Å². The molecule has 0 aromatic rings. The number of ether oxygens (including phenoxy) is 1. The van der Waals surface area contributed by atoms with Gasteiger partial charge in [-0.1, -0.05) is 0 Å². The molecule has 0 unspecified atom stereocenters. The van der Waals surface area contributed by atoms with Gasteiger partial charge in [0.2, 0.25) is 5.78 Å². The fraction of sp³-hybridized carbons (Fsp3) is 0.400. The predicted molar refractivity (Wildman–Crippen MR) is 27.5 cm³/mol. The number of carbonyl (C=O) groups excluding carboxylic acids is 3. The zero-order valence-electron chi connectivity index (χ0n) is 5.47. The van der Waals surface area contributed by atoms with Crippen LogP contribution in [-0.4, -0.2) is 17.7 Å². The van der Waals surface area contributed by atoms with Gasteiger partial charge in [0.15, 0.2) is 0 Å². The number of carbonyl (C=O) groups is 3. The molecule has 0 aromatic heterocycles. The van der Waals surface area contributed by atoms with Gasteiger partial charge < -0.3 is 4.74 Å². The first kappa shape index (κ1) is 12.0. The number of hydrogen-bond donors (Lipinski definition) is 0. The molecule has 0 aromatic carbocycles. The van der Waals surface area contributed by atoms with E-state index in [1.807, 2.05) is 0 Å². The molecule has 59 valence electrons. The molecular formula is C5H6CoO4. The third-order valence-electron chi connectivity index (χ3n) is 0.524. The van der Waals surface area contributed by atoms with Crippen LogP contribution in [0.1, 0.15) is 13.8 Å². The van der Waals surface area contributed by atoms with Crippen molar-refractivity contribution < 1.29 is 35.9 Å². The van der Waals surface area contributed by atoms with Gasteiger partial charge in [-0.2, -0.15) is 0 Å². The van der Waals surface area contributed by atoms with E-state index in [0.29, 0.717) is 0 Å². The summed E-state index contributed by atoms with van der Waals surface area (Å²) in [5.41, 5.74) is 0. The van der Waals surface area contributed by atoms with E-state index < -0.39 is 17.7 Å². The van der Waals surface area contributed by atoms with Crippen LogP contribution >= 0.6 is 0 Å². The maximum absolute atomic E-state index is 10.2. The van der Waals surface area contributed by atoms with Gasteiger partial charge in [-0.05, 0) is 0 Å². The number of hydrogen-bond acceptors (Lipinski definition) is 4. The quantitative estimate of drug-likeness (QED) is 0.321. The van der Waals surface area contributed by atoms with E-state index >= 15 is 0 Å². The van der Waals surface area contributed by atoms with E-state index in [0.717, 1.165) is 13.8 Å². The average Bonchev–Trinajstić information content (AvgIpc) is 1.63. The summed E-state index contributed by atoms with van der Waals surface area (Å²) >= 11 is 0. The number of rotatable bonds is 1. The molecule has 0 aliphatic heterocycles. The molecule has 0 amide bonds. The van der Waals surface area contributed by atoms with Gasteiger partial charge in [-0.3, -0.25) is 9.59 Å². The Labute approximate surface area is 68.1 Å². The van der Waals surface area contributed by atoms with Crippen molar-refractivity contribution in [2.45, 2.75) is 13.8 Å². The topological polar surface area (TPSA) is 60.4 Å². The van der Waals surface area contributed by atoms with Gasteiger partial charge in [0.1, 0.15) is 0 Å². The van der Waals surface area contributed by atoms with Gasteiger partial charge in [0.25, 0.3) is 0 Å². The fourth-order valence-corrected chi connectivity index (χ4v) is 0.202. The molecule has 0 saturated heterocycles. The molecule has 0 rings (SSSR count). The van der Waals surface area contributed by atoms with Crippen molar-refractivity contribution in [3.8, 4) is 0 Å². The molecule has 0 atom stereocenters. The Kier molecular flexibility index (Phi) is 6.17. The van der Waals surface area contributed by atoms with Crippen molar-refractivity contribution in [2.24, 2.45) is 0 Å². The molecule has 0 aliphatic carbocycles. The molecule has 0 aliphatic rings. The fourth-order valence-electron chi connectivity index (χ4n) is 0.202. The number of ketones is 1. The number of Topliss-reactive ketones (excluding diaryl/α,β-unsaturated/α-hetero) is 1. The van der Waals surface area contributed by atoms with Crippen LogP contribution in [0, 0.1) is 0 Å². The molecular weight excluding hydrogens is 183 g/mol. The Bertz CT molecular complexity index is 163. The second-order valence-electron chi connectivity index (χ2n) is 1.44. The van der Waals surface area contributed by atoms with Crippen LogP contribution in [0.25, 0.3) is 0 Å². The first-order valence-corrected chi connectivity index (χ1v) is 2.27. The van der Waals surface area contributed by atoms with Crippen molar-refractivity contribution in [1.82, 2.24) is 0 Å². The van der Waals surface area contributed by atoms with E-state index in [2.05, 4.69) is 4.74 Å². The second kappa shape index (κ2) is 5.13. The minimum absolute atomic E-state index is 0. The molecule has 0 bridgehead atoms. The Morgan fingerprint density at radius 3 is 1.60 bits per heavy atom. The summed E-state index contributed by atoms with van der Waals surface area (Å²) in [6.07, 6.45) is 0. The standard InChI is InChI=1S/C5H6O4.Co/c1-3(6)5(8)9-4(2)7;/h1-2H3;. The molecule has 0 N–H and O–H groups in total. The summed E-state index contributed by atoms with van der Waals surface area (Å²) in [6.45, 7) is 2.09. The van der Waals surface area contributed by atoms with Crippen molar-refractivity contribution in [1.29, 1.82) is 0 Å². The smallest absolute Gasteiger partial charge is 0.381 e. The summed E-state index contributed by atoms with van der Waals surface area (Å²) < 4.78 is 3.88. The summed E-state index contributed by atoms with van der Waals surface area (Å²) in [7, 11) is 0. The molecule has 0 fully saturated rings. The van der Waals surface area contributed by atoms with Gasteiger partial charge in [0.05, 0.1) is 0 Å². The van der Waals surface area contributed by atoms with Crippen LogP contribution in [0.4, 0.5) is 0 Å². The Hall–Kier alpha value is -0.684. The maximum Gasteiger partial charge on any atom is 0.381 e. The molecule has 10 heavy (non-hydrogen) atoms. The van der Waals surface area contributed by atoms with Gasteiger partial charge in [-0.25, -0.2) is 4.79 Å². The molecule has 0 heterocycles. The van der Waals surface area contributed by atoms with Gasteiger partial charge >= 0.3 is 11.9 Å². The van der Waals surface area contributed by atoms with Gasteiger partial charge in [-0.15, -0.1) is 0 Å². The van der Waals surface area contributed by atoms with Crippen molar-refractivity contribution in [3.05, 3.63) is 0 Å². The summed E-state index contributed by atoms with van der Waals surface area (Å²) in [6, 6.07) is 0. The minimum atomic E-state index is -1.11. The largest absolute Gasteiger partial charge is 0.387 e. The van der Waals surface area contributed by atoms with Crippen LogP contribution in [0.5, 0.6) is 0 Å². The number of esters is 2. The maximum atomic E-state index is 10.2. The molecule has 5 heteroatoms. The predicted octanol–water partition coefficient (Wildman–Crippen LogP) is -0.337. The monoisotopic (exact) mass is 189 g/mol. The van der Waals surface area contributed by atoms with Crippen molar-refractivity contribution >= 4 is 17.7 Å². The minimum Gasteiger partial charge on any atom is -0.387 e. The van der Waals surface area contributed by atoms with Crippen molar-refractivity contribution in [3.63, 3.8) is 0 Å². The van der Waals surface area contributed by atoms with E-state index in [1.165, 1.54) is 0 Å². The molecule has 0 spiro atoms. The Morgan fingerprint density at radius 1 is 1.10 bits per heavy atom. The SMILES string of the molecule is CC(=O)OC(=O)C(C)=O.[Co]. The Balaban J connectivity index is 0. The molecule has 0 saturated carbocycles. The van der Waals surface area contributed by atoms with Crippen LogP contribution in [-0.2, 0) is 35.9 Å². The van der Waals surface area contributed by atoms with E-state index in [4.69, 9.17) is 0 Å². The molecule has 1 radical (unpaired) electrons. The van der Waals surface area contributed by atoms with Crippen LogP contribution in [0.2, 0.25) is 0 Å². The van der Waals surface area contributed by atoms with Crippen LogP contribution < -0.4 is 0 Å². The average molecular weight is 189 g/mol. The van der Waals surface area contributed by atoms with E-state index in [-0.39, 0.29) is 16.8 Å². The third-order valence-corrected chi connectivity index (χ3v) is 0.524. The Morgan fingerprint density at radius 2 is 1.50 bits per heavy atom. The zero-order chi connectivity index (χ0) is 7.44. The second-order valence-corrected chi connectivity index (χ2v) is 1.44. The normalized spacial score (nSPS) is 7.40. The zero-order valence-corrected chi connectivity index (χ0v) is 6.51. The van der Waals surface area contributed by atoms with Gasteiger partial charge in [0, 0.05) is 30.6 Å².